The number of carbonyl (C=O) groups is 1. The molecule has 0 spiro atoms. The lowest BCUT2D eigenvalue weighted by atomic mass is 10.1. The fourth-order valence-electron chi connectivity index (χ4n) is 2.66. The zero-order valence-electron chi connectivity index (χ0n) is 13.5. The molecule has 1 N–H and O–H groups in total. The van der Waals surface area contributed by atoms with E-state index in [-0.39, 0.29) is 27.9 Å². The SMILES string of the molecule is CC(C)(C)O[C@@H]1C[C@@H](C(=O)O)N(S(=O)(=O)c2cc(Cl)cc(Cl)c2)C1. The van der Waals surface area contributed by atoms with Gasteiger partial charge >= 0.3 is 5.97 Å². The minimum absolute atomic E-state index is 0.0410. The molecule has 0 saturated carbocycles. The monoisotopic (exact) mass is 395 g/mol. The smallest absolute Gasteiger partial charge is 0.322 e. The van der Waals surface area contributed by atoms with Gasteiger partial charge in [0.15, 0.2) is 0 Å². The molecule has 6 nitrogen and oxygen atoms in total. The molecular weight excluding hydrogens is 377 g/mol. The number of aliphatic carboxylic acids is 1. The maximum atomic E-state index is 12.9. The van der Waals surface area contributed by atoms with Crippen molar-refractivity contribution >= 4 is 39.2 Å². The molecule has 0 bridgehead atoms. The average Bonchev–Trinajstić information content (AvgIpc) is 2.80. The van der Waals surface area contributed by atoms with Gasteiger partial charge in [0, 0.05) is 23.0 Å². The molecule has 9 heteroatoms. The number of nitrogens with zero attached hydrogens (tertiary/aromatic N) is 1. The number of carboxylic acid groups (broad SMARTS) is 1. The second kappa shape index (κ2) is 6.80. The summed E-state index contributed by atoms with van der Waals surface area (Å²) in [4.78, 5) is 11.4. The van der Waals surface area contributed by atoms with E-state index in [2.05, 4.69) is 0 Å². The van der Waals surface area contributed by atoms with Crippen molar-refractivity contribution in [2.24, 2.45) is 0 Å². The van der Waals surface area contributed by atoms with Gasteiger partial charge in [-0.3, -0.25) is 4.79 Å². The Balaban J connectivity index is 2.37. The van der Waals surface area contributed by atoms with Crippen LogP contribution in [0.2, 0.25) is 10.0 Å². The van der Waals surface area contributed by atoms with E-state index in [1.165, 1.54) is 18.2 Å². The Kier molecular flexibility index (Phi) is 5.52. The van der Waals surface area contributed by atoms with Gasteiger partial charge in [0.2, 0.25) is 10.0 Å². The Morgan fingerprint density at radius 3 is 2.25 bits per heavy atom. The second-order valence-electron chi connectivity index (χ2n) is 6.62. The lowest BCUT2D eigenvalue weighted by Gasteiger charge is -2.25. The summed E-state index contributed by atoms with van der Waals surface area (Å²) in [6.45, 7) is 5.45. The van der Waals surface area contributed by atoms with Gasteiger partial charge in [-0.2, -0.15) is 4.31 Å². The standard InChI is InChI=1S/C15H19Cl2NO5S/c1-15(2,3)23-11-7-13(14(19)20)18(8-11)24(21,22)12-5-9(16)4-10(17)6-12/h4-6,11,13H,7-8H2,1-3H3,(H,19,20)/t11-,13+/m1/s1. The van der Waals surface area contributed by atoms with Crippen LogP contribution in [0.25, 0.3) is 0 Å². The molecule has 0 aromatic heterocycles. The van der Waals surface area contributed by atoms with Gasteiger partial charge in [-0.05, 0) is 39.0 Å². The van der Waals surface area contributed by atoms with Crippen LogP contribution in [0.4, 0.5) is 0 Å². The van der Waals surface area contributed by atoms with E-state index in [1.54, 1.807) is 0 Å². The van der Waals surface area contributed by atoms with Crippen molar-refractivity contribution in [2.45, 2.75) is 49.8 Å². The summed E-state index contributed by atoms with van der Waals surface area (Å²) in [5.41, 5.74) is -0.507. The molecule has 1 aliphatic rings. The third kappa shape index (κ3) is 4.40. The van der Waals surface area contributed by atoms with Crippen LogP contribution in [-0.4, -0.2) is 48.1 Å². The molecule has 0 unspecified atom stereocenters. The molecule has 24 heavy (non-hydrogen) atoms. The minimum atomic E-state index is -4.06. The zero-order chi connectivity index (χ0) is 18.3. The van der Waals surface area contributed by atoms with Crippen molar-refractivity contribution in [2.75, 3.05) is 6.54 Å². The van der Waals surface area contributed by atoms with Crippen LogP contribution in [-0.2, 0) is 19.6 Å². The first kappa shape index (κ1) is 19.5. The fraction of sp³-hybridized carbons (Fsp3) is 0.533. The highest BCUT2D eigenvalue weighted by Gasteiger charge is 2.45. The number of carboxylic acids is 1. The van der Waals surface area contributed by atoms with Gasteiger partial charge in [-0.15, -0.1) is 0 Å². The Morgan fingerprint density at radius 2 is 1.79 bits per heavy atom. The van der Waals surface area contributed by atoms with Crippen molar-refractivity contribution in [3.05, 3.63) is 28.2 Å². The van der Waals surface area contributed by atoms with E-state index >= 15 is 0 Å². The molecule has 2 atom stereocenters. The predicted molar refractivity (Wildman–Crippen MR) is 91.0 cm³/mol. The first-order valence-electron chi connectivity index (χ1n) is 7.29. The first-order chi connectivity index (χ1) is 10.9. The summed E-state index contributed by atoms with van der Waals surface area (Å²) in [5.74, 6) is -1.22. The number of hydrogen-bond acceptors (Lipinski definition) is 4. The van der Waals surface area contributed by atoms with E-state index in [1.807, 2.05) is 20.8 Å². The lowest BCUT2D eigenvalue weighted by molar-refractivity contribution is -0.141. The molecule has 1 aromatic carbocycles. The molecule has 0 amide bonds. The van der Waals surface area contributed by atoms with E-state index < -0.39 is 33.7 Å². The second-order valence-corrected chi connectivity index (χ2v) is 9.39. The van der Waals surface area contributed by atoms with Crippen molar-refractivity contribution in [3.63, 3.8) is 0 Å². The highest BCUT2D eigenvalue weighted by atomic mass is 35.5. The zero-order valence-corrected chi connectivity index (χ0v) is 15.8. The molecule has 1 heterocycles. The Labute approximate surface area is 151 Å². The molecular formula is C15H19Cl2NO5S. The lowest BCUT2D eigenvalue weighted by Crippen LogP contribution is -2.40. The number of sulfonamides is 1. The number of hydrogen-bond donors (Lipinski definition) is 1. The largest absolute Gasteiger partial charge is 0.480 e. The van der Waals surface area contributed by atoms with Gasteiger partial charge in [-0.1, -0.05) is 23.2 Å². The molecule has 1 fully saturated rings. The van der Waals surface area contributed by atoms with Crippen LogP contribution in [0.5, 0.6) is 0 Å². The van der Waals surface area contributed by atoms with Crippen molar-refractivity contribution in [3.8, 4) is 0 Å². The third-order valence-electron chi connectivity index (χ3n) is 3.47. The Hall–Kier alpha value is -0.860. The van der Waals surface area contributed by atoms with Gasteiger partial charge < -0.3 is 9.84 Å². The Morgan fingerprint density at radius 1 is 1.25 bits per heavy atom. The van der Waals surface area contributed by atoms with Crippen LogP contribution in [0.3, 0.4) is 0 Å². The van der Waals surface area contributed by atoms with Crippen LogP contribution in [0, 0.1) is 0 Å². The molecule has 1 aliphatic heterocycles. The summed E-state index contributed by atoms with van der Waals surface area (Å²) >= 11 is 11.7. The number of halogens is 2. The summed E-state index contributed by atoms with van der Waals surface area (Å²) < 4.78 is 32.4. The van der Waals surface area contributed by atoms with Crippen LogP contribution in [0.1, 0.15) is 27.2 Å². The normalized spacial score (nSPS) is 22.7. The number of benzene rings is 1. The van der Waals surface area contributed by atoms with Crippen molar-refractivity contribution < 1.29 is 23.1 Å². The average molecular weight is 396 g/mol. The maximum absolute atomic E-state index is 12.9. The van der Waals surface area contributed by atoms with Crippen LogP contribution >= 0.6 is 23.2 Å². The summed E-state index contributed by atoms with van der Waals surface area (Å²) in [6, 6.07) is 2.71. The number of ether oxygens (including phenoxy) is 1. The van der Waals surface area contributed by atoms with Crippen molar-refractivity contribution in [1.82, 2.24) is 4.31 Å². The predicted octanol–water partition coefficient (Wildman–Crippen LogP) is 3.02. The quantitative estimate of drug-likeness (QED) is 0.846. The van der Waals surface area contributed by atoms with E-state index in [4.69, 9.17) is 27.9 Å². The first-order valence-corrected chi connectivity index (χ1v) is 9.48. The molecule has 0 radical (unpaired) electrons. The fourth-order valence-corrected chi connectivity index (χ4v) is 5.01. The number of rotatable bonds is 4. The highest BCUT2D eigenvalue weighted by molar-refractivity contribution is 7.89. The summed E-state index contributed by atoms with van der Waals surface area (Å²) in [6.07, 6.45) is -0.421. The highest BCUT2D eigenvalue weighted by Crippen LogP contribution is 2.32. The summed E-state index contributed by atoms with van der Waals surface area (Å²) in [7, 11) is -4.06. The van der Waals surface area contributed by atoms with E-state index in [0.29, 0.717) is 0 Å². The Bertz CT molecular complexity index is 724. The molecule has 0 aliphatic carbocycles. The van der Waals surface area contributed by atoms with Gasteiger partial charge in [0.1, 0.15) is 6.04 Å². The maximum Gasteiger partial charge on any atom is 0.322 e. The van der Waals surface area contributed by atoms with Gasteiger partial charge in [0.25, 0.3) is 0 Å². The third-order valence-corrected chi connectivity index (χ3v) is 5.75. The van der Waals surface area contributed by atoms with Crippen LogP contribution < -0.4 is 0 Å². The molecule has 134 valence electrons. The molecule has 1 aromatic rings. The molecule has 1 saturated heterocycles. The minimum Gasteiger partial charge on any atom is -0.480 e. The van der Waals surface area contributed by atoms with E-state index in [0.717, 1.165) is 4.31 Å². The summed E-state index contributed by atoms with van der Waals surface area (Å²) in [5, 5.41) is 9.73. The van der Waals surface area contributed by atoms with E-state index in [9.17, 15) is 18.3 Å². The van der Waals surface area contributed by atoms with Gasteiger partial charge in [-0.25, -0.2) is 8.42 Å². The van der Waals surface area contributed by atoms with Crippen LogP contribution in [0.15, 0.2) is 23.1 Å². The molecule has 2 rings (SSSR count). The van der Waals surface area contributed by atoms with Crippen molar-refractivity contribution in [1.29, 1.82) is 0 Å². The van der Waals surface area contributed by atoms with Gasteiger partial charge in [0.05, 0.1) is 16.6 Å². The topological polar surface area (TPSA) is 83.9 Å².